The summed E-state index contributed by atoms with van der Waals surface area (Å²) in [7, 11) is 0. The second kappa shape index (κ2) is 9.59. The first-order valence-electron chi connectivity index (χ1n) is 11.6. The Kier molecular flexibility index (Phi) is 6.20. The molecule has 1 aromatic heterocycles. The second-order valence-corrected chi connectivity index (χ2v) is 8.84. The molecule has 5 rings (SSSR count). The molecule has 2 aromatic carbocycles. The quantitative estimate of drug-likeness (QED) is 0.629. The highest BCUT2D eigenvalue weighted by atomic mass is 19.1. The maximum absolute atomic E-state index is 14.9. The van der Waals surface area contributed by atoms with Crippen LogP contribution >= 0.6 is 0 Å². The molecule has 2 saturated heterocycles. The van der Waals surface area contributed by atoms with E-state index in [2.05, 4.69) is 15.5 Å². The van der Waals surface area contributed by atoms with E-state index in [0.717, 1.165) is 5.82 Å². The third kappa shape index (κ3) is 4.62. The van der Waals surface area contributed by atoms with Gasteiger partial charge in [-0.3, -0.25) is 9.59 Å². The summed E-state index contributed by atoms with van der Waals surface area (Å²) in [6.07, 6.45) is 3.03. The van der Waals surface area contributed by atoms with Gasteiger partial charge in [-0.25, -0.2) is 4.39 Å². The highest BCUT2D eigenvalue weighted by molar-refractivity contribution is 5.95. The van der Waals surface area contributed by atoms with E-state index in [9.17, 15) is 14.0 Å². The Morgan fingerprint density at radius 3 is 2.41 bits per heavy atom. The number of halogens is 1. The Labute approximate surface area is 197 Å². The van der Waals surface area contributed by atoms with Gasteiger partial charge in [-0.1, -0.05) is 24.3 Å². The fourth-order valence-corrected chi connectivity index (χ4v) is 4.63. The average Bonchev–Trinajstić information content (AvgIpc) is 2.84. The minimum atomic E-state index is -0.319. The van der Waals surface area contributed by atoms with Gasteiger partial charge in [-0.2, -0.15) is 5.10 Å². The number of carbonyl (C=O) groups is 2. The van der Waals surface area contributed by atoms with Crippen LogP contribution in [0.15, 0.2) is 66.9 Å². The lowest BCUT2D eigenvalue weighted by Crippen LogP contribution is -2.52. The van der Waals surface area contributed by atoms with Crippen LogP contribution in [0.5, 0.6) is 0 Å². The monoisotopic (exact) mass is 459 g/mol. The standard InChI is InChI=1S/C26H26FN5O2/c27-23-15-21(29-25(33)20-16-32(17-20)24-7-4-12-28-30-24)8-9-22(23)18-10-13-31(14-11-18)26(34)19-5-2-1-3-6-19/h1-9,12,15,18,20H,10-11,13-14,16-17H2,(H,29,33). The smallest absolute Gasteiger partial charge is 0.253 e. The minimum Gasteiger partial charge on any atom is -0.353 e. The lowest BCUT2D eigenvalue weighted by atomic mass is 9.88. The Balaban J connectivity index is 1.14. The molecule has 2 aliphatic rings. The summed E-state index contributed by atoms with van der Waals surface area (Å²) in [4.78, 5) is 29.0. The number of hydrogen-bond acceptors (Lipinski definition) is 5. The van der Waals surface area contributed by atoms with Crippen molar-refractivity contribution in [3.8, 4) is 0 Å². The number of anilines is 2. The number of rotatable bonds is 5. The summed E-state index contributed by atoms with van der Waals surface area (Å²) in [6.45, 7) is 2.32. The van der Waals surface area contributed by atoms with Crippen LogP contribution in [0.3, 0.4) is 0 Å². The van der Waals surface area contributed by atoms with Gasteiger partial charge in [0.2, 0.25) is 5.91 Å². The fourth-order valence-electron chi connectivity index (χ4n) is 4.63. The van der Waals surface area contributed by atoms with E-state index in [0.29, 0.717) is 55.8 Å². The van der Waals surface area contributed by atoms with Gasteiger partial charge in [0.1, 0.15) is 5.82 Å². The Morgan fingerprint density at radius 2 is 1.74 bits per heavy atom. The zero-order valence-corrected chi connectivity index (χ0v) is 18.7. The number of carbonyl (C=O) groups excluding carboxylic acids is 2. The van der Waals surface area contributed by atoms with Gasteiger partial charge in [0, 0.05) is 43.6 Å². The molecule has 8 heteroatoms. The summed E-state index contributed by atoms with van der Waals surface area (Å²) in [6, 6.07) is 17.8. The van der Waals surface area contributed by atoms with Crippen LogP contribution in [0.25, 0.3) is 0 Å². The van der Waals surface area contributed by atoms with Crippen LogP contribution in [-0.4, -0.2) is 53.1 Å². The van der Waals surface area contributed by atoms with Crippen LogP contribution in [0.2, 0.25) is 0 Å². The van der Waals surface area contributed by atoms with Crippen LogP contribution in [0.1, 0.15) is 34.7 Å². The summed E-state index contributed by atoms with van der Waals surface area (Å²) in [5.74, 6) is 0.207. The van der Waals surface area contributed by atoms with Gasteiger partial charge in [0.15, 0.2) is 5.82 Å². The zero-order chi connectivity index (χ0) is 23.5. The van der Waals surface area contributed by atoms with Gasteiger partial charge in [-0.15, -0.1) is 5.10 Å². The van der Waals surface area contributed by atoms with Gasteiger partial charge < -0.3 is 15.1 Å². The minimum absolute atomic E-state index is 0.0199. The van der Waals surface area contributed by atoms with Crippen molar-refractivity contribution in [2.45, 2.75) is 18.8 Å². The lowest BCUT2D eigenvalue weighted by Gasteiger charge is -2.38. The number of amides is 2. The Bertz CT molecular complexity index is 1160. The summed E-state index contributed by atoms with van der Waals surface area (Å²) in [5, 5.41) is 10.7. The van der Waals surface area contributed by atoms with Gasteiger partial charge in [0.25, 0.3) is 5.91 Å². The van der Waals surface area contributed by atoms with Gasteiger partial charge in [0.05, 0.1) is 5.92 Å². The van der Waals surface area contributed by atoms with E-state index in [4.69, 9.17) is 0 Å². The van der Waals surface area contributed by atoms with Crippen molar-refractivity contribution in [2.75, 3.05) is 36.4 Å². The van der Waals surface area contributed by atoms with E-state index in [-0.39, 0.29) is 29.5 Å². The molecule has 2 amide bonds. The normalized spacial score (nSPS) is 16.7. The topological polar surface area (TPSA) is 78.4 Å². The Morgan fingerprint density at radius 1 is 0.971 bits per heavy atom. The van der Waals surface area contributed by atoms with Crippen molar-refractivity contribution >= 4 is 23.3 Å². The van der Waals surface area contributed by atoms with Crippen LogP contribution < -0.4 is 10.2 Å². The van der Waals surface area contributed by atoms with E-state index >= 15 is 0 Å². The molecular formula is C26H26FN5O2. The first-order valence-corrected chi connectivity index (χ1v) is 11.6. The van der Waals surface area contributed by atoms with Crippen molar-refractivity contribution in [3.05, 3.63) is 83.8 Å². The van der Waals surface area contributed by atoms with E-state index in [1.165, 1.54) is 6.07 Å². The molecule has 1 N–H and O–H groups in total. The van der Waals surface area contributed by atoms with Gasteiger partial charge in [-0.05, 0) is 60.7 Å². The molecule has 0 bridgehead atoms. The van der Waals surface area contributed by atoms with E-state index in [1.54, 1.807) is 18.3 Å². The maximum atomic E-state index is 14.9. The number of aromatic nitrogens is 2. The zero-order valence-electron chi connectivity index (χ0n) is 18.7. The molecule has 0 saturated carbocycles. The second-order valence-electron chi connectivity index (χ2n) is 8.84. The number of nitrogens with one attached hydrogen (secondary N) is 1. The van der Waals surface area contributed by atoms with E-state index in [1.807, 2.05) is 52.3 Å². The van der Waals surface area contributed by atoms with Crippen molar-refractivity contribution in [1.82, 2.24) is 15.1 Å². The molecule has 0 aliphatic carbocycles. The molecular weight excluding hydrogens is 433 g/mol. The molecule has 34 heavy (non-hydrogen) atoms. The number of piperidine rings is 1. The summed E-state index contributed by atoms with van der Waals surface area (Å²) in [5.41, 5.74) is 1.78. The van der Waals surface area contributed by atoms with Crippen LogP contribution in [-0.2, 0) is 4.79 Å². The lowest BCUT2D eigenvalue weighted by molar-refractivity contribution is -0.120. The number of hydrogen-bond donors (Lipinski definition) is 1. The molecule has 2 fully saturated rings. The first-order chi connectivity index (χ1) is 16.6. The van der Waals surface area contributed by atoms with Crippen molar-refractivity contribution in [3.63, 3.8) is 0 Å². The number of likely N-dealkylation sites (tertiary alicyclic amines) is 1. The maximum Gasteiger partial charge on any atom is 0.253 e. The first kappa shape index (κ1) is 22.0. The third-order valence-corrected chi connectivity index (χ3v) is 6.65. The molecule has 3 heterocycles. The van der Waals surface area contributed by atoms with Crippen LogP contribution in [0, 0.1) is 11.7 Å². The molecule has 7 nitrogen and oxygen atoms in total. The van der Waals surface area contributed by atoms with E-state index < -0.39 is 0 Å². The third-order valence-electron chi connectivity index (χ3n) is 6.65. The Hall–Kier alpha value is -3.81. The molecule has 3 aromatic rings. The number of nitrogens with zero attached hydrogens (tertiary/aromatic N) is 4. The average molecular weight is 460 g/mol. The van der Waals surface area contributed by atoms with Crippen molar-refractivity contribution in [1.29, 1.82) is 0 Å². The predicted molar refractivity (Wildman–Crippen MR) is 127 cm³/mol. The molecule has 0 spiro atoms. The van der Waals surface area contributed by atoms with Crippen molar-refractivity contribution < 1.29 is 14.0 Å². The molecule has 0 atom stereocenters. The number of benzene rings is 2. The molecule has 0 radical (unpaired) electrons. The predicted octanol–water partition coefficient (Wildman–Crippen LogP) is 3.71. The highest BCUT2D eigenvalue weighted by Crippen LogP contribution is 2.32. The highest BCUT2D eigenvalue weighted by Gasteiger charge is 2.34. The summed E-state index contributed by atoms with van der Waals surface area (Å²) < 4.78 is 14.9. The fraction of sp³-hybridized carbons (Fsp3) is 0.308. The summed E-state index contributed by atoms with van der Waals surface area (Å²) >= 11 is 0. The van der Waals surface area contributed by atoms with Crippen LogP contribution in [0.4, 0.5) is 15.9 Å². The van der Waals surface area contributed by atoms with Crippen molar-refractivity contribution in [2.24, 2.45) is 5.92 Å². The SMILES string of the molecule is O=C(Nc1ccc(C2CCN(C(=O)c3ccccc3)CC2)c(F)c1)C1CN(c2cccnn2)C1. The molecule has 2 aliphatic heterocycles. The largest absolute Gasteiger partial charge is 0.353 e. The molecule has 0 unspecified atom stereocenters. The molecule has 174 valence electrons. The van der Waals surface area contributed by atoms with Gasteiger partial charge >= 0.3 is 0 Å².